The van der Waals surface area contributed by atoms with Gasteiger partial charge in [0.25, 0.3) is 11.8 Å². The fourth-order valence-electron chi connectivity index (χ4n) is 6.13. The Balaban J connectivity index is 1.52. The average Bonchev–Trinajstić information content (AvgIpc) is 3.45. The third kappa shape index (κ3) is 5.93. The topological polar surface area (TPSA) is 104 Å². The van der Waals surface area contributed by atoms with Gasteiger partial charge in [0, 0.05) is 55.7 Å². The Morgan fingerprint density at radius 1 is 1.02 bits per heavy atom. The van der Waals surface area contributed by atoms with Crippen molar-refractivity contribution in [2.75, 3.05) is 43.7 Å². The summed E-state index contributed by atoms with van der Waals surface area (Å²) in [5.41, 5.74) is 4.64. The highest BCUT2D eigenvalue weighted by Gasteiger charge is 2.36. The Morgan fingerprint density at radius 3 is 2.29 bits per heavy atom. The van der Waals surface area contributed by atoms with Crippen LogP contribution in [0.4, 0.5) is 20.2 Å². The SMILES string of the molecule is CNC(=O)c1c(-c2ccc(F)cc2)oc2cc(N(C)S(C)=O)c(-c3ccc4c(c3)C(=O)N([C@@H](COC)c3ccc(F)cc3)C(C)N4)cc12. The molecule has 248 valence electrons. The molecule has 1 aliphatic rings. The molecule has 0 saturated carbocycles. The molecule has 2 unspecified atom stereocenters. The van der Waals surface area contributed by atoms with Crippen LogP contribution < -0.4 is 14.9 Å². The quantitative estimate of drug-likeness (QED) is 0.180. The number of anilines is 2. The molecule has 3 atom stereocenters. The number of methoxy groups -OCH3 is 1. The van der Waals surface area contributed by atoms with Crippen molar-refractivity contribution >= 4 is 45.1 Å². The monoisotopic (exact) mass is 672 g/mol. The Labute approximate surface area is 279 Å². The van der Waals surface area contributed by atoms with Crippen molar-refractivity contribution in [3.63, 3.8) is 0 Å². The van der Waals surface area contributed by atoms with Crippen LogP contribution >= 0.6 is 0 Å². The molecule has 2 N–H and O–H groups in total. The van der Waals surface area contributed by atoms with E-state index in [9.17, 15) is 22.6 Å². The molecular weight excluding hydrogens is 638 g/mol. The lowest BCUT2D eigenvalue weighted by atomic mass is 9.94. The second-order valence-corrected chi connectivity index (χ2v) is 12.9. The van der Waals surface area contributed by atoms with Crippen LogP contribution in [-0.4, -0.2) is 61.2 Å². The van der Waals surface area contributed by atoms with Crippen LogP contribution in [-0.2, 0) is 15.7 Å². The van der Waals surface area contributed by atoms with Gasteiger partial charge in [-0.1, -0.05) is 18.2 Å². The highest BCUT2D eigenvalue weighted by Crippen LogP contribution is 2.43. The van der Waals surface area contributed by atoms with Crippen molar-refractivity contribution in [1.29, 1.82) is 0 Å². The van der Waals surface area contributed by atoms with Gasteiger partial charge in [0.15, 0.2) is 0 Å². The van der Waals surface area contributed by atoms with Gasteiger partial charge < -0.3 is 24.7 Å². The van der Waals surface area contributed by atoms with Crippen LogP contribution in [0, 0.1) is 11.6 Å². The minimum absolute atomic E-state index is 0.186. The lowest BCUT2D eigenvalue weighted by Gasteiger charge is -2.41. The minimum atomic E-state index is -1.44. The van der Waals surface area contributed by atoms with Crippen molar-refractivity contribution in [2.45, 2.75) is 19.1 Å². The number of carbonyl (C=O) groups is 2. The van der Waals surface area contributed by atoms with Gasteiger partial charge >= 0.3 is 0 Å². The van der Waals surface area contributed by atoms with Gasteiger partial charge in [-0.3, -0.25) is 13.9 Å². The summed E-state index contributed by atoms with van der Waals surface area (Å²) in [6.07, 6.45) is 1.13. The lowest BCUT2D eigenvalue weighted by Crippen LogP contribution is -2.50. The van der Waals surface area contributed by atoms with Crippen LogP contribution in [0.3, 0.4) is 0 Å². The lowest BCUT2D eigenvalue weighted by molar-refractivity contribution is 0.0429. The molecule has 48 heavy (non-hydrogen) atoms. The van der Waals surface area contributed by atoms with Crippen LogP contribution in [0.5, 0.6) is 0 Å². The molecule has 0 fully saturated rings. The van der Waals surface area contributed by atoms with Crippen molar-refractivity contribution < 1.29 is 31.7 Å². The molecule has 0 saturated heterocycles. The molecule has 0 bridgehead atoms. The fourth-order valence-corrected chi connectivity index (χ4v) is 6.56. The minimum Gasteiger partial charge on any atom is -0.455 e. The zero-order chi connectivity index (χ0) is 34.3. The van der Waals surface area contributed by atoms with Gasteiger partial charge in [-0.2, -0.15) is 0 Å². The number of carbonyl (C=O) groups excluding carboxylic acids is 2. The summed E-state index contributed by atoms with van der Waals surface area (Å²) in [7, 11) is 3.29. The first-order chi connectivity index (χ1) is 23.0. The molecule has 6 rings (SSSR count). The molecule has 0 spiro atoms. The second-order valence-electron chi connectivity index (χ2n) is 11.5. The van der Waals surface area contributed by atoms with Crippen LogP contribution in [0.2, 0.25) is 0 Å². The van der Waals surface area contributed by atoms with Crippen LogP contribution in [0.15, 0.2) is 83.3 Å². The zero-order valence-corrected chi connectivity index (χ0v) is 27.8. The van der Waals surface area contributed by atoms with E-state index >= 15 is 0 Å². The Morgan fingerprint density at radius 2 is 1.67 bits per heavy atom. The van der Waals surface area contributed by atoms with Crippen molar-refractivity contribution in [1.82, 2.24) is 10.2 Å². The Bertz CT molecular complexity index is 2050. The summed E-state index contributed by atoms with van der Waals surface area (Å²) in [5, 5.41) is 6.55. The Kier molecular flexibility index (Phi) is 9.04. The van der Waals surface area contributed by atoms with Gasteiger partial charge in [-0.25, -0.2) is 13.0 Å². The van der Waals surface area contributed by atoms with Crippen LogP contribution in [0.1, 0.15) is 39.2 Å². The van der Waals surface area contributed by atoms with Gasteiger partial charge in [-0.15, -0.1) is 0 Å². The normalized spacial score (nSPS) is 15.5. The number of hydrogen-bond donors (Lipinski definition) is 2. The van der Waals surface area contributed by atoms with Crippen molar-refractivity contribution in [3.05, 3.63) is 107 Å². The van der Waals surface area contributed by atoms with Gasteiger partial charge in [0.05, 0.1) is 35.6 Å². The van der Waals surface area contributed by atoms with Crippen LogP contribution in [0.25, 0.3) is 33.4 Å². The number of nitrogens with one attached hydrogen (secondary N) is 2. The maximum absolute atomic E-state index is 14.3. The zero-order valence-electron chi connectivity index (χ0n) is 27.0. The number of ether oxygens (including phenoxy) is 1. The summed E-state index contributed by atoms with van der Waals surface area (Å²) in [5.74, 6) is -1.21. The second kappa shape index (κ2) is 13.2. The predicted octanol–water partition coefficient (Wildman–Crippen LogP) is 6.74. The number of nitrogens with zero attached hydrogens (tertiary/aromatic N) is 2. The van der Waals surface area contributed by atoms with E-state index in [1.807, 2.05) is 19.1 Å². The molecule has 5 aromatic rings. The summed E-state index contributed by atoms with van der Waals surface area (Å²) in [6.45, 7) is 2.06. The highest BCUT2D eigenvalue weighted by molar-refractivity contribution is 7.85. The molecule has 4 aromatic carbocycles. The maximum atomic E-state index is 14.3. The number of benzene rings is 4. The van der Waals surface area contributed by atoms with E-state index in [0.29, 0.717) is 44.6 Å². The van der Waals surface area contributed by atoms with E-state index in [1.165, 1.54) is 43.4 Å². The first-order valence-corrected chi connectivity index (χ1v) is 16.7. The smallest absolute Gasteiger partial charge is 0.258 e. The number of rotatable bonds is 9. The standard InChI is InChI=1S/C36H34F2N4O5S/c1-20-40-29-15-10-23(16-27(29)36(44)42(20)31(19-46-4)21-6-11-24(37)12-7-21)26-17-28-32(18-30(26)41(3)48(5)45)47-34(33(28)35(43)39-2)22-8-13-25(38)14-9-22/h6-18,20,31,40H,19H2,1-5H3,(H,39,43)/t20?,31-,48?/m0/s1. The molecule has 12 heteroatoms. The number of fused-ring (bicyclic) bond motifs is 2. The largest absolute Gasteiger partial charge is 0.455 e. The number of halogens is 2. The van der Waals surface area contributed by atoms with E-state index in [-0.39, 0.29) is 29.7 Å². The maximum Gasteiger partial charge on any atom is 0.258 e. The highest BCUT2D eigenvalue weighted by atomic mass is 32.2. The first-order valence-electron chi connectivity index (χ1n) is 15.2. The summed E-state index contributed by atoms with van der Waals surface area (Å²) in [4.78, 5) is 29.2. The Hall–Kier alpha value is -5.07. The first kappa shape index (κ1) is 32.9. The van der Waals surface area contributed by atoms with Crippen molar-refractivity contribution in [2.24, 2.45) is 0 Å². The van der Waals surface area contributed by atoms with Crippen molar-refractivity contribution in [3.8, 4) is 22.5 Å². The van der Waals surface area contributed by atoms with E-state index in [2.05, 4.69) is 10.6 Å². The molecule has 1 aliphatic heterocycles. The molecule has 1 aromatic heterocycles. The molecule has 9 nitrogen and oxygen atoms in total. The third-order valence-corrected chi connectivity index (χ3v) is 9.55. The van der Waals surface area contributed by atoms with E-state index in [4.69, 9.17) is 9.15 Å². The molecule has 0 aliphatic carbocycles. The number of furan rings is 1. The molecular formula is C36H34F2N4O5S. The van der Waals surface area contributed by atoms with E-state index in [0.717, 1.165) is 5.56 Å². The van der Waals surface area contributed by atoms with Gasteiger partial charge in [0.2, 0.25) is 0 Å². The van der Waals surface area contributed by atoms with Gasteiger partial charge in [-0.05, 0) is 72.6 Å². The predicted molar refractivity (Wildman–Crippen MR) is 183 cm³/mol. The average molecular weight is 673 g/mol. The third-order valence-electron chi connectivity index (χ3n) is 8.58. The molecule has 2 heterocycles. The summed E-state index contributed by atoms with van der Waals surface area (Å²) in [6, 6.07) is 20.0. The summed E-state index contributed by atoms with van der Waals surface area (Å²) < 4.78 is 53.6. The van der Waals surface area contributed by atoms with E-state index in [1.54, 1.807) is 60.0 Å². The number of amides is 2. The molecule has 0 radical (unpaired) electrons. The molecule has 2 amide bonds. The van der Waals surface area contributed by atoms with E-state index < -0.39 is 34.9 Å². The fraction of sp³-hybridized carbons (Fsp3) is 0.222. The number of hydrogen-bond acceptors (Lipinski definition) is 6. The van der Waals surface area contributed by atoms with Gasteiger partial charge in [0.1, 0.15) is 34.0 Å². The summed E-state index contributed by atoms with van der Waals surface area (Å²) >= 11 is 0.